The minimum absolute atomic E-state index is 0.218. The van der Waals surface area contributed by atoms with Crippen LogP contribution in [-0.2, 0) is 15.6 Å². The van der Waals surface area contributed by atoms with Crippen LogP contribution < -0.4 is 0 Å². The van der Waals surface area contributed by atoms with Crippen LogP contribution in [0.2, 0.25) is 0 Å². The standard InChI is InChI=1S/C7H14O3S/c1-3-6(2)4-11(10)5-7(8)9/h6H,3-5H2,1-2H3,(H,8,9). The number of rotatable bonds is 5. The molecule has 11 heavy (non-hydrogen) atoms. The summed E-state index contributed by atoms with van der Waals surface area (Å²) in [5.41, 5.74) is 0. The second-order valence-electron chi connectivity index (χ2n) is 2.66. The second kappa shape index (κ2) is 5.29. The van der Waals surface area contributed by atoms with Crippen molar-refractivity contribution in [1.82, 2.24) is 0 Å². The quantitative estimate of drug-likeness (QED) is 0.679. The molecule has 0 rings (SSSR count). The van der Waals surface area contributed by atoms with Crippen LogP contribution in [0.3, 0.4) is 0 Å². The van der Waals surface area contributed by atoms with E-state index in [0.29, 0.717) is 11.7 Å². The summed E-state index contributed by atoms with van der Waals surface area (Å²) in [6.07, 6.45) is 0.950. The summed E-state index contributed by atoms with van der Waals surface area (Å²) < 4.78 is 11.0. The van der Waals surface area contributed by atoms with Gasteiger partial charge < -0.3 is 5.11 Å². The summed E-state index contributed by atoms with van der Waals surface area (Å²) in [7, 11) is -1.18. The molecule has 3 nitrogen and oxygen atoms in total. The maximum atomic E-state index is 11.0. The third-order valence-corrected chi connectivity index (χ3v) is 2.96. The molecule has 0 saturated heterocycles. The van der Waals surface area contributed by atoms with Gasteiger partial charge in [0, 0.05) is 16.6 Å². The Labute approximate surface area is 69.3 Å². The molecule has 0 aliphatic rings. The van der Waals surface area contributed by atoms with E-state index in [1.165, 1.54) is 0 Å². The maximum absolute atomic E-state index is 11.0. The summed E-state index contributed by atoms with van der Waals surface area (Å²) in [6, 6.07) is 0. The predicted molar refractivity (Wildman–Crippen MR) is 45.0 cm³/mol. The summed E-state index contributed by atoms with van der Waals surface area (Å²) in [5.74, 6) is -0.338. The molecule has 0 aromatic carbocycles. The molecule has 1 N–H and O–H groups in total. The Morgan fingerprint density at radius 1 is 1.64 bits per heavy atom. The lowest BCUT2D eigenvalue weighted by Crippen LogP contribution is -2.15. The van der Waals surface area contributed by atoms with Gasteiger partial charge in [-0.3, -0.25) is 9.00 Å². The highest BCUT2D eigenvalue weighted by molar-refractivity contribution is 7.85. The van der Waals surface area contributed by atoms with Crippen molar-refractivity contribution in [2.75, 3.05) is 11.5 Å². The van der Waals surface area contributed by atoms with Crippen LogP contribution in [0.5, 0.6) is 0 Å². The van der Waals surface area contributed by atoms with Crippen LogP contribution in [-0.4, -0.2) is 26.8 Å². The average Bonchev–Trinajstić information content (AvgIpc) is 1.85. The van der Waals surface area contributed by atoms with E-state index in [4.69, 9.17) is 5.11 Å². The van der Waals surface area contributed by atoms with Crippen molar-refractivity contribution in [3.05, 3.63) is 0 Å². The Morgan fingerprint density at radius 3 is 2.55 bits per heavy atom. The molecule has 0 saturated carbocycles. The fourth-order valence-corrected chi connectivity index (χ4v) is 1.90. The van der Waals surface area contributed by atoms with Crippen LogP contribution in [0.1, 0.15) is 20.3 Å². The lowest BCUT2D eigenvalue weighted by molar-refractivity contribution is -0.133. The van der Waals surface area contributed by atoms with Gasteiger partial charge in [-0.1, -0.05) is 20.3 Å². The van der Waals surface area contributed by atoms with Gasteiger partial charge in [-0.15, -0.1) is 0 Å². The van der Waals surface area contributed by atoms with Crippen LogP contribution in [0.4, 0.5) is 0 Å². The second-order valence-corrected chi connectivity index (χ2v) is 4.16. The van der Waals surface area contributed by atoms with E-state index >= 15 is 0 Å². The maximum Gasteiger partial charge on any atom is 0.316 e. The van der Waals surface area contributed by atoms with Gasteiger partial charge in [-0.2, -0.15) is 0 Å². The Hall–Kier alpha value is -0.380. The first-order chi connectivity index (χ1) is 5.06. The molecule has 0 aromatic heterocycles. The van der Waals surface area contributed by atoms with Crippen molar-refractivity contribution < 1.29 is 14.1 Å². The minimum atomic E-state index is -1.18. The van der Waals surface area contributed by atoms with Crippen LogP contribution in [0.15, 0.2) is 0 Å². The summed E-state index contributed by atoms with van der Waals surface area (Å²) >= 11 is 0. The smallest absolute Gasteiger partial charge is 0.316 e. The van der Waals surface area contributed by atoms with E-state index in [1.54, 1.807) is 0 Å². The highest BCUT2D eigenvalue weighted by atomic mass is 32.2. The summed E-state index contributed by atoms with van der Waals surface area (Å²) in [6.45, 7) is 3.97. The van der Waals surface area contributed by atoms with Gasteiger partial charge in [0.25, 0.3) is 0 Å². The van der Waals surface area contributed by atoms with Crippen LogP contribution >= 0.6 is 0 Å². The van der Waals surface area contributed by atoms with Crippen LogP contribution in [0, 0.1) is 5.92 Å². The van der Waals surface area contributed by atoms with Crippen molar-refractivity contribution in [3.63, 3.8) is 0 Å². The molecular weight excluding hydrogens is 164 g/mol. The molecule has 0 spiro atoms. The third kappa shape index (κ3) is 6.04. The van der Waals surface area contributed by atoms with Crippen molar-refractivity contribution in [1.29, 1.82) is 0 Å². The molecule has 0 bridgehead atoms. The zero-order chi connectivity index (χ0) is 8.85. The Bertz CT molecular complexity index is 156. The SMILES string of the molecule is CCC(C)CS(=O)CC(=O)O. The topological polar surface area (TPSA) is 54.4 Å². The number of carboxylic acids is 1. The average molecular weight is 178 g/mol. The first-order valence-electron chi connectivity index (χ1n) is 3.63. The number of aliphatic carboxylic acids is 1. The zero-order valence-electron chi connectivity index (χ0n) is 6.87. The van der Waals surface area contributed by atoms with Crippen LogP contribution in [0.25, 0.3) is 0 Å². The first-order valence-corrected chi connectivity index (χ1v) is 5.11. The Kier molecular flexibility index (Phi) is 5.11. The van der Waals surface area contributed by atoms with E-state index in [1.807, 2.05) is 13.8 Å². The Balaban J connectivity index is 3.60. The summed E-state index contributed by atoms with van der Waals surface area (Å²) in [4.78, 5) is 10.1. The molecule has 0 radical (unpaired) electrons. The number of carbonyl (C=O) groups is 1. The molecule has 2 atom stereocenters. The van der Waals surface area contributed by atoms with Gasteiger partial charge in [0.15, 0.2) is 0 Å². The molecule has 0 aromatic rings. The van der Waals surface area contributed by atoms with Gasteiger partial charge in [-0.05, 0) is 5.92 Å². The van der Waals surface area contributed by atoms with Gasteiger partial charge in [0.1, 0.15) is 5.75 Å². The van der Waals surface area contributed by atoms with E-state index < -0.39 is 16.8 Å². The molecule has 4 heteroatoms. The number of hydrogen-bond donors (Lipinski definition) is 1. The van der Waals surface area contributed by atoms with E-state index in [9.17, 15) is 9.00 Å². The van der Waals surface area contributed by atoms with E-state index in [2.05, 4.69) is 0 Å². The molecule has 66 valence electrons. The van der Waals surface area contributed by atoms with Gasteiger partial charge in [0.2, 0.25) is 0 Å². The van der Waals surface area contributed by atoms with Crippen molar-refractivity contribution in [2.45, 2.75) is 20.3 Å². The zero-order valence-corrected chi connectivity index (χ0v) is 7.69. The molecule has 0 aliphatic heterocycles. The first kappa shape index (κ1) is 10.6. The fraction of sp³-hybridized carbons (Fsp3) is 0.857. The largest absolute Gasteiger partial charge is 0.481 e. The number of carboxylic acid groups (broad SMARTS) is 1. The van der Waals surface area contributed by atoms with Crippen molar-refractivity contribution in [3.8, 4) is 0 Å². The predicted octanol–water partition coefficient (Wildman–Crippen LogP) is 0.866. The molecule has 0 amide bonds. The van der Waals surface area contributed by atoms with Crippen molar-refractivity contribution in [2.24, 2.45) is 5.92 Å². The third-order valence-electron chi connectivity index (χ3n) is 1.45. The van der Waals surface area contributed by atoms with E-state index in [-0.39, 0.29) is 5.75 Å². The number of hydrogen-bond acceptors (Lipinski definition) is 2. The normalized spacial score (nSPS) is 15.8. The van der Waals surface area contributed by atoms with Gasteiger partial charge in [-0.25, -0.2) is 0 Å². The molecule has 0 aliphatic carbocycles. The summed E-state index contributed by atoms with van der Waals surface area (Å²) in [5, 5.41) is 8.28. The van der Waals surface area contributed by atoms with Gasteiger partial charge >= 0.3 is 5.97 Å². The van der Waals surface area contributed by atoms with Gasteiger partial charge in [0.05, 0.1) is 0 Å². The molecule has 2 unspecified atom stereocenters. The van der Waals surface area contributed by atoms with Crippen molar-refractivity contribution >= 4 is 16.8 Å². The lowest BCUT2D eigenvalue weighted by atomic mass is 10.2. The molecule has 0 heterocycles. The van der Waals surface area contributed by atoms with E-state index in [0.717, 1.165) is 6.42 Å². The highest BCUT2D eigenvalue weighted by Gasteiger charge is 2.08. The Morgan fingerprint density at radius 2 is 2.18 bits per heavy atom. The monoisotopic (exact) mass is 178 g/mol. The lowest BCUT2D eigenvalue weighted by Gasteiger charge is -2.05. The molecular formula is C7H14O3S. The molecule has 0 fully saturated rings. The minimum Gasteiger partial charge on any atom is -0.481 e. The fourth-order valence-electron chi connectivity index (χ4n) is 0.632. The highest BCUT2D eigenvalue weighted by Crippen LogP contribution is 2.02.